The van der Waals surface area contributed by atoms with Crippen LogP contribution in [0, 0.1) is 0 Å². The van der Waals surface area contributed by atoms with Gasteiger partial charge in [0.25, 0.3) is 0 Å². The summed E-state index contributed by atoms with van der Waals surface area (Å²) in [6, 6.07) is 32.5. The van der Waals surface area contributed by atoms with Crippen LogP contribution in [0.3, 0.4) is 0 Å². The van der Waals surface area contributed by atoms with Crippen molar-refractivity contribution in [2.24, 2.45) is 0 Å². The highest BCUT2D eigenvalue weighted by Gasteiger charge is 2.28. The first-order valence-corrected chi connectivity index (χ1v) is 20.7. The quantitative estimate of drug-likeness (QED) is 0.175. The van der Waals surface area contributed by atoms with E-state index in [-0.39, 0.29) is 33.8 Å². The van der Waals surface area contributed by atoms with E-state index in [2.05, 4.69) is 191 Å². The lowest BCUT2D eigenvalue weighted by Gasteiger charge is -2.28. The van der Waals surface area contributed by atoms with Crippen molar-refractivity contribution in [1.82, 2.24) is 24.5 Å². The Bertz CT molecular complexity index is 2600. The maximum Gasteiger partial charge on any atom is 0.168 e. The lowest BCUT2D eigenvalue weighted by molar-refractivity contribution is 0.446. The fraction of sp³-hybridized carbons (Fsp3) is 0.346. The van der Waals surface area contributed by atoms with Crippen LogP contribution in [0.2, 0.25) is 0 Å². The Kier molecular flexibility index (Phi) is 10.5. The second kappa shape index (κ2) is 15.0. The molecule has 0 aliphatic rings. The maximum atomic E-state index is 12.0. The molecule has 0 amide bonds. The second-order valence-electron chi connectivity index (χ2n) is 19.6. The highest BCUT2D eigenvalue weighted by Crippen LogP contribution is 2.44. The van der Waals surface area contributed by atoms with Crippen molar-refractivity contribution in [3.05, 3.63) is 131 Å². The van der Waals surface area contributed by atoms with Crippen LogP contribution < -0.4 is 0 Å². The van der Waals surface area contributed by atoms with Crippen molar-refractivity contribution >= 4 is 11.2 Å². The molecule has 0 fully saturated rings. The molecule has 0 aliphatic carbocycles. The van der Waals surface area contributed by atoms with Gasteiger partial charge in [-0.3, -0.25) is 4.57 Å². The molecule has 0 atom stereocenters. The number of pyridine rings is 1. The molecule has 0 saturated carbocycles. The van der Waals surface area contributed by atoms with Crippen LogP contribution in [-0.2, 0) is 16.2 Å². The Morgan fingerprint density at radius 1 is 0.569 bits per heavy atom. The molecule has 0 spiro atoms. The predicted molar refractivity (Wildman–Crippen MR) is 242 cm³/mol. The minimum absolute atomic E-state index is 0.121. The number of aromatic nitrogens is 5. The summed E-state index contributed by atoms with van der Waals surface area (Å²) in [6.07, 6.45) is 3.42. The molecule has 0 aliphatic heterocycles. The van der Waals surface area contributed by atoms with E-state index in [9.17, 15) is 5.11 Å². The maximum absolute atomic E-state index is 12.0. The lowest BCUT2D eigenvalue weighted by atomic mass is 9.78. The average molecular weight is 770 g/mol. The van der Waals surface area contributed by atoms with E-state index in [1.165, 1.54) is 22.3 Å². The number of benzene rings is 4. The van der Waals surface area contributed by atoms with Gasteiger partial charge in [0, 0.05) is 22.3 Å². The molecule has 58 heavy (non-hydrogen) atoms. The third-order valence-electron chi connectivity index (χ3n) is 11.2. The summed E-state index contributed by atoms with van der Waals surface area (Å²) >= 11 is 0. The molecule has 1 N–H and O–H groups in total. The van der Waals surface area contributed by atoms with Crippen LogP contribution in [0.25, 0.3) is 61.9 Å². The fourth-order valence-corrected chi connectivity index (χ4v) is 7.75. The molecule has 3 aromatic heterocycles. The zero-order chi connectivity index (χ0) is 41.9. The summed E-state index contributed by atoms with van der Waals surface area (Å²) in [5.74, 6) is 1.54. The molecule has 0 radical (unpaired) electrons. The molecular formula is C52H59N5O. The smallest absolute Gasteiger partial charge is 0.168 e. The Morgan fingerprint density at radius 2 is 1.16 bits per heavy atom. The summed E-state index contributed by atoms with van der Waals surface area (Å²) < 4.78 is 2.25. The number of fused-ring (bicyclic) bond motifs is 1. The van der Waals surface area contributed by atoms with Crippen molar-refractivity contribution in [2.45, 2.75) is 118 Å². The number of phenols is 1. The molecule has 0 bridgehead atoms. The predicted octanol–water partition coefficient (Wildman–Crippen LogP) is 13.7. The Labute approximate surface area is 345 Å². The summed E-state index contributed by atoms with van der Waals surface area (Å²) in [4.78, 5) is 19.9. The Morgan fingerprint density at radius 3 is 1.76 bits per heavy atom. The zero-order valence-corrected chi connectivity index (χ0v) is 36.7. The molecule has 0 saturated heterocycles. The normalized spacial score (nSPS) is 12.6. The van der Waals surface area contributed by atoms with Crippen LogP contribution >= 0.6 is 0 Å². The van der Waals surface area contributed by atoms with Gasteiger partial charge in [0.2, 0.25) is 0 Å². The monoisotopic (exact) mass is 769 g/mol. The van der Waals surface area contributed by atoms with E-state index in [4.69, 9.17) is 15.0 Å². The van der Waals surface area contributed by atoms with Crippen molar-refractivity contribution in [3.8, 4) is 56.5 Å². The average Bonchev–Trinajstić information content (AvgIpc) is 3.56. The highest BCUT2D eigenvalue weighted by molar-refractivity contribution is 5.83. The summed E-state index contributed by atoms with van der Waals surface area (Å²) in [7, 11) is 0. The van der Waals surface area contributed by atoms with Crippen LogP contribution in [-0.4, -0.2) is 29.6 Å². The van der Waals surface area contributed by atoms with Gasteiger partial charge in [0.05, 0.1) is 23.3 Å². The third kappa shape index (κ3) is 7.81. The van der Waals surface area contributed by atoms with Gasteiger partial charge in [-0.05, 0) is 97.9 Å². The summed E-state index contributed by atoms with van der Waals surface area (Å²) in [5, 5.41) is 12.0. The van der Waals surface area contributed by atoms with Crippen LogP contribution in [0.4, 0.5) is 0 Å². The molecule has 4 aromatic carbocycles. The topological polar surface area (TPSA) is 76.7 Å². The summed E-state index contributed by atoms with van der Waals surface area (Å²) in [6.45, 7) is 28.8. The van der Waals surface area contributed by atoms with Gasteiger partial charge in [-0.2, -0.15) is 0 Å². The van der Waals surface area contributed by atoms with E-state index in [0.717, 1.165) is 67.4 Å². The van der Waals surface area contributed by atoms with E-state index in [1.807, 2.05) is 0 Å². The van der Waals surface area contributed by atoms with Gasteiger partial charge in [0.1, 0.15) is 23.4 Å². The lowest BCUT2D eigenvalue weighted by Crippen LogP contribution is -2.17. The zero-order valence-electron chi connectivity index (χ0n) is 36.7. The fourth-order valence-electron chi connectivity index (χ4n) is 7.75. The number of aromatic hydroxyl groups is 1. The van der Waals surface area contributed by atoms with Gasteiger partial charge < -0.3 is 5.11 Å². The second-order valence-corrected chi connectivity index (χ2v) is 19.6. The van der Waals surface area contributed by atoms with Gasteiger partial charge in [-0.1, -0.05) is 145 Å². The summed E-state index contributed by atoms with van der Waals surface area (Å²) in [5.41, 5.74) is 14.4. The molecule has 7 aromatic rings. The third-order valence-corrected chi connectivity index (χ3v) is 11.2. The Balaban J connectivity index is 1.47. The molecule has 6 nitrogen and oxygen atoms in total. The van der Waals surface area contributed by atoms with Crippen LogP contribution in [0.15, 0.2) is 104 Å². The first kappa shape index (κ1) is 40.6. The molecule has 6 heteroatoms. The molecule has 7 rings (SSSR count). The van der Waals surface area contributed by atoms with Crippen LogP contribution in [0.1, 0.15) is 130 Å². The van der Waals surface area contributed by atoms with Crippen molar-refractivity contribution < 1.29 is 5.11 Å². The van der Waals surface area contributed by atoms with Crippen molar-refractivity contribution in [3.63, 3.8) is 0 Å². The number of phenolic OH excluding ortho intramolecular Hbond substituents is 1. The van der Waals surface area contributed by atoms with Crippen LogP contribution in [0.5, 0.6) is 5.75 Å². The number of rotatable bonds is 7. The van der Waals surface area contributed by atoms with Gasteiger partial charge in [-0.15, -0.1) is 0 Å². The minimum Gasteiger partial charge on any atom is -0.507 e. The molecule has 3 heterocycles. The van der Waals surface area contributed by atoms with Crippen molar-refractivity contribution in [2.75, 3.05) is 0 Å². The van der Waals surface area contributed by atoms with E-state index in [1.54, 1.807) is 12.5 Å². The first-order valence-electron chi connectivity index (χ1n) is 20.7. The van der Waals surface area contributed by atoms with Gasteiger partial charge >= 0.3 is 0 Å². The largest absolute Gasteiger partial charge is 0.507 e. The Hall–Kier alpha value is -5.62. The molecule has 0 unspecified atom stereocenters. The number of hydrogen-bond acceptors (Lipinski definition) is 5. The van der Waals surface area contributed by atoms with Gasteiger partial charge in [-0.25, -0.2) is 19.9 Å². The van der Waals surface area contributed by atoms with Crippen molar-refractivity contribution in [1.29, 1.82) is 0 Å². The molecular weight excluding hydrogens is 711 g/mol. The minimum atomic E-state index is -0.262. The SMILES string of the molecule is CC(C)c1cc(-c2ccccc2)cc(C(C)C)c1-n1c(-c2cccc(-c3cc(C(C)(C)C)cc(-c4cc(C(C)(C)C)cc(C(C)(C)C)c4O)n3)c2)nc2cncnc21. The first-order chi connectivity index (χ1) is 27.2. The standard InChI is InChI=1S/C52H59N5O/c1-31(2)39-23-36(33-18-15-14-16-19-33)24-40(32(3)4)46(39)57-48(56-45-29-53-30-54-49(45)57)35-21-17-20-34(22-35)43-27-38(51(8,9)10)28-44(55-43)41-25-37(50(5,6)7)26-42(47(41)58)52(11,12)13/h14-32,58H,1-13H3. The number of nitrogens with zero attached hydrogens (tertiary/aromatic N) is 5. The number of imidazole rings is 1. The molecule has 298 valence electrons. The van der Waals surface area contributed by atoms with E-state index < -0.39 is 0 Å². The van der Waals surface area contributed by atoms with E-state index >= 15 is 0 Å². The van der Waals surface area contributed by atoms with Gasteiger partial charge in [0.15, 0.2) is 5.65 Å². The highest BCUT2D eigenvalue weighted by atomic mass is 16.3. The van der Waals surface area contributed by atoms with E-state index in [0.29, 0.717) is 0 Å². The number of hydrogen-bond donors (Lipinski definition) is 1.